The lowest BCUT2D eigenvalue weighted by Crippen LogP contribution is -2.28. The summed E-state index contributed by atoms with van der Waals surface area (Å²) >= 11 is 0. The van der Waals surface area contributed by atoms with E-state index in [0.717, 1.165) is 11.4 Å². The maximum atomic E-state index is 6.18. The second-order valence-corrected chi connectivity index (χ2v) is 4.09. The third kappa shape index (κ3) is 2.57. The molecule has 0 aliphatic rings. The number of ether oxygens (including phenoxy) is 1. The Kier molecular flexibility index (Phi) is 4.07. The van der Waals surface area contributed by atoms with Gasteiger partial charge in [0.1, 0.15) is 0 Å². The molecule has 5 nitrogen and oxygen atoms in total. The zero-order valence-electron chi connectivity index (χ0n) is 10.7. The summed E-state index contributed by atoms with van der Waals surface area (Å²) in [4.78, 5) is 0. The van der Waals surface area contributed by atoms with E-state index in [-0.39, 0.29) is 12.1 Å². The van der Waals surface area contributed by atoms with Crippen molar-refractivity contribution in [2.75, 3.05) is 6.61 Å². The summed E-state index contributed by atoms with van der Waals surface area (Å²) in [7, 11) is 0. The van der Waals surface area contributed by atoms with Crippen molar-refractivity contribution < 1.29 is 4.74 Å². The number of benzene rings is 1. The van der Waals surface area contributed by atoms with Gasteiger partial charge in [0, 0.05) is 6.61 Å². The Morgan fingerprint density at radius 3 is 2.72 bits per heavy atom. The van der Waals surface area contributed by atoms with Crippen molar-refractivity contribution in [2.45, 2.75) is 26.0 Å². The van der Waals surface area contributed by atoms with E-state index in [1.807, 2.05) is 44.2 Å². The standard InChI is InChI=1S/C13H18N4O/c1-3-18-10(2)13(14)12-9-15-16-17(12)11-7-5-4-6-8-11/h4-10,13H,3,14H2,1-2H3. The summed E-state index contributed by atoms with van der Waals surface area (Å²) in [5, 5.41) is 8.02. The van der Waals surface area contributed by atoms with E-state index in [2.05, 4.69) is 10.3 Å². The third-order valence-electron chi connectivity index (χ3n) is 2.85. The molecule has 2 atom stereocenters. The van der Waals surface area contributed by atoms with Crippen LogP contribution in [0.15, 0.2) is 36.5 Å². The van der Waals surface area contributed by atoms with Crippen molar-refractivity contribution in [3.05, 3.63) is 42.2 Å². The summed E-state index contributed by atoms with van der Waals surface area (Å²) in [5.74, 6) is 0. The van der Waals surface area contributed by atoms with Crippen molar-refractivity contribution in [1.82, 2.24) is 15.0 Å². The van der Waals surface area contributed by atoms with Crippen LogP contribution in [0.4, 0.5) is 0 Å². The largest absolute Gasteiger partial charge is 0.377 e. The number of rotatable bonds is 5. The van der Waals surface area contributed by atoms with Crippen molar-refractivity contribution in [2.24, 2.45) is 5.73 Å². The van der Waals surface area contributed by atoms with Gasteiger partial charge in [-0.25, -0.2) is 4.68 Å². The molecule has 0 spiro atoms. The van der Waals surface area contributed by atoms with E-state index < -0.39 is 0 Å². The second-order valence-electron chi connectivity index (χ2n) is 4.09. The van der Waals surface area contributed by atoms with Crippen molar-refractivity contribution in [3.63, 3.8) is 0 Å². The molecular formula is C13H18N4O. The molecule has 2 aromatic rings. The molecule has 96 valence electrons. The van der Waals surface area contributed by atoms with E-state index in [4.69, 9.17) is 10.5 Å². The van der Waals surface area contributed by atoms with E-state index in [0.29, 0.717) is 6.61 Å². The summed E-state index contributed by atoms with van der Waals surface area (Å²) in [6, 6.07) is 9.56. The quantitative estimate of drug-likeness (QED) is 0.872. The number of nitrogens with zero attached hydrogens (tertiary/aromatic N) is 3. The summed E-state index contributed by atoms with van der Waals surface area (Å²) < 4.78 is 7.27. The lowest BCUT2D eigenvalue weighted by molar-refractivity contribution is 0.0559. The van der Waals surface area contributed by atoms with Crippen molar-refractivity contribution >= 4 is 0 Å². The minimum Gasteiger partial charge on any atom is -0.377 e. The van der Waals surface area contributed by atoms with Crippen LogP contribution in [-0.2, 0) is 4.74 Å². The first-order valence-corrected chi connectivity index (χ1v) is 6.07. The SMILES string of the molecule is CCOC(C)C(N)c1cnnn1-c1ccccc1. The van der Waals surface area contributed by atoms with Gasteiger partial charge in [0.15, 0.2) is 0 Å². The third-order valence-corrected chi connectivity index (χ3v) is 2.85. The molecule has 2 rings (SSSR count). The second kappa shape index (κ2) is 5.75. The van der Waals surface area contributed by atoms with E-state index in [9.17, 15) is 0 Å². The fraction of sp³-hybridized carbons (Fsp3) is 0.385. The van der Waals surface area contributed by atoms with Gasteiger partial charge in [0.05, 0.1) is 29.7 Å². The molecule has 2 unspecified atom stereocenters. The number of para-hydroxylation sites is 1. The molecule has 1 heterocycles. The smallest absolute Gasteiger partial charge is 0.0839 e. The Morgan fingerprint density at radius 2 is 2.06 bits per heavy atom. The fourth-order valence-electron chi connectivity index (χ4n) is 1.85. The van der Waals surface area contributed by atoms with Crippen LogP contribution >= 0.6 is 0 Å². The number of hydrogen-bond donors (Lipinski definition) is 1. The molecule has 1 aromatic heterocycles. The maximum Gasteiger partial charge on any atom is 0.0839 e. The van der Waals surface area contributed by atoms with E-state index in [1.54, 1.807) is 10.9 Å². The molecule has 0 bridgehead atoms. The van der Waals surface area contributed by atoms with Gasteiger partial charge in [-0.15, -0.1) is 5.10 Å². The monoisotopic (exact) mass is 246 g/mol. The van der Waals surface area contributed by atoms with Crippen LogP contribution in [-0.4, -0.2) is 27.7 Å². The van der Waals surface area contributed by atoms with Crippen LogP contribution in [0.25, 0.3) is 5.69 Å². The van der Waals surface area contributed by atoms with Gasteiger partial charge in [-0.05, 0) is 26.0 Å². The lowest BCUT2D eigenvalue weighted by Gasteiger charge is -2.20. The predicted molar refractivity (Wildman–Crippen MR) is 69.4 cm³/mol. The van der Waals surface area contributed by atoms with Gasteiger partial charge in [-0.3, -0.25) is 0 Å². The number of aromatic nitrogens is 3. The average molecular weight is 246 g/mol. The van der Waals surface area contributed by atoms with Crippen molar-refractivity contribution in [3.8, 4) is 5.69 Å². The van der Waals surface area contributed by atoms with Gasteiger partial charge < -0.3 is 10.5 Å². The minimum atomic E-state index is -0.250. The van der Waals surface area contributed by atoms with Gasteiger partial charge in [0.25, 0.3) is 0 Å². The van der Waals surface area contributed by atoms with Crippen LogP contribution in [0.5, 0.6) is 0 Å². The first-order chi connectivity index (χ1) is 8.74. The molecule has 2 N–H and O–H groups in total. The highest BCUT2D eigenvalue weighted by Gasteiger charge is 2.20. The topological polar surface area (TPSA) is 66.0 Å². The molecule has 0 aliphatic carbocycles. The minimum absolute atomic E-state index is 0.0732. The van der Waals surface area contributed by atoms with Crippen LogP contribution in [0.3, 0.4) is 0 Å². The zero-order valence-corrected chi connectivity index (χ0v) is 10.7. The van der Waals surface area contributed by atoms with Gasteiger partial charge in [0.2, 0.25) is 0 Å². The molecule has 0 amide bonds. The Bertz CT molecular complexity index is 483. The molecule has 0 aliphatic heterocycles. The highest BCUT2D eigenvalue weighted by Crippen LogP contribution is 2.18. The fourth-order valence-corrected chi connectivity index (χ4v) is 1.85. The van der Waals surface area contributed by atoms with Crippen molar-refractivity contribution in [1.29, 1.82) is 0 Å². The Balaban J connectivity index is 2.28. The van der Waals surface area contributed by atoms with Crippen LogP contribution in [0.1, 0.15) is 25.6 Å². The van der Waals surface area contributed by atoms with Crippen LogP contribution < -0.4 is 5.73 Å². The first-order valence-electron chi connectivity index (χ1n) is 6.07. The Hall–Kier alpha value is -1.72. The van der Waals surface area contributed by atoms with E-state index >= 15 is 0 Å². The molecule has 0 saturated carbocycles. The summed E-state index contributed by atoms with van der Waals surface area (Å²) in [6.07, 6.45) is 1.61. The first kappa shape index (κ1) is 12.7. The maximum absolute atomic E-state index is 6.18. The van der Waals surface area contributed by atoms with E-state index in [1.165, 1.54) is 0 Å². The van der Waals surface area contributed by atoms with Gasteiger partial charge in [-0.1, -0.05) is 23.4 Å². The predicted octanol–water partition coefficient (Wildman–Crippen LogP) is 1.69. The normalized spacial score (nSPS) is 14.4. The number of hydrogen-bond acceptors (Lipinski definition) is 4. The molecule has 1 aromatic carbocycles. The molecule has 5 heteroatoms. The number of nitrogens with two attached hydrogens (primary N) is 1. The lowest BCUT2D eigenvalue weighted by atomic mass is 10.1. The van der Waals surface area contributed by atoms with Gasteiger partial charge in [-0.2, -0.15) is 0 Å². The zero-order chi connectivity index (χ0) is 13.0. The summed E-state index contributed by atoms with van der Waals surface area (Å²) in [6.45, 7) is 4.55. The highest BCUT2D eigenvalue weighted by molar-refractivity contribution is 5.32. The molecule has 18 heavy (non-hydrogen) atoms. The molecular weight excluding hydrogens is 228 g/mol. The molecule has 0 radical (unpaired) electrons. The molecule has 0 saturated heterocycles. The molecule has 0 fully saturated rings. The average Bonchev–Trinajstić information content (AvgIpc) is 2.88. The van der Waals surface area contributed by atoms with Crippen LogP contribution in [0.2, 0.25) is 0 Å². The summed E-state index contributed by atoms with van der Waals surface area (Å²) in [5.41, 5.74) is 7.98. The van der Waals surface area contributed by atoms with Gasteiger partial charge >= 0.3 is 0 Å². The Labute approximate surface area is 107 Å². The Morgan fingerprint density at radius 1 is 1.33 bits per heavy atom. The highest BCUT2D eigenvalue weighted by atomic mass is 16.5. The van der Waals surface area contributed by atoms with Crippen LogP contribution in [0, 0.1) is 0 Å².